The van der Waals surface area contributed by atoms with Crippen LogP contribution in [0.25, 0.3) is 0 Å². The van der Waals surface area contributed by atoms with Crippen molar-refractivity contribution in [3.63, 3.8) is 0 Å². The van der Waals surface area contributed by atoms with Gasteiger partial charge in [0.05, 0.1) is 5.41 Å². The first-order chi connectivity index (χ1) is 7.98. The van der Waals surface area contributed by atoms with E-state index in [1.165, 1.54) is 18.7 Å². The minimum atomic E-state index is -0.186. The highest BCUT2D eigenvalue weighted by atomic mass is 33.1. The molecule has 1 fully saturated rings. The normalized spacial score (nSPS) is 19.9. The molecule has 17 heavy (non-hydrogen) atoms. The van der Waals surface area contributed by atoms with Gasteiger partial charge in [-0.15, -0.1) is 0 Å². The summed E-state index contributed by atoms with van der Waals surface area (Å²) in [5.74, 6) is 2.46. The molecule has 0 radical (unpaired) electrons. The van der Waals surface area contributed by atoms with Crippen molar-refractivity contribution in [2.24, 2.45) is 5.41 Å². The number of carbonyl (C=O) groups excluding carboxylic acids is 2. The zero-order valence-corrected chi connectivity index (χ0v) is 12.9. The van der Waals surface area contributed by atoms with Gasteiger partial charge in [-0.25, -0.2) is 0 Å². The lowest BCUT2D eigenvalue weighted by Crippen LogP contribution is -2.36. The molecule has 0 spiro atoms. The van der Waals surface area contributed by atoms with Crippen LogP contribution in [0.2, 0.25) is 0 Å². The topological polar surface area (TPSA) is 46.2 Å². The summed E-state index contributed by atoms with van der Waals surface area (Å²) in [7, 11) is 3.55. The smallest absolute Gasteiger partial charge is 0.217 e. The van der Waals surface area contributed by atoms with Gasteiger partial charge in [-0.05, 0) is 6.42 Å². The Morgan fingerprint density at radius 1 is 1.41 bits per heavy atom. The SMILES string of the molecule is CCC(CSC(=O)C1(C)CSSC1)NC(C)=O. The molecular weight excluding hydrogens is 274 g/mol. The van der Waals surface area contributed by atoms with Crippen LogP contribution in [0, 0.1) is 5.41 Å². The second-order valence-corrected chi connectivity index (χ2v) is 7.94. The minimum Gasteiger partial charge on any atom is -0.353 e. The van der Waals surface area contributed by atoms with Crippen molar-refractivity contribution in [3.8, 4) is 0 Å². The Kier molecular flexibility index (Phi) is 6.23. The Bertz CT molecular complexity index is 290. The molecule has 1 aliphatic heterocycles. The van der Waals surface area contributed by atoms with Gasteiger partial charge in [-0.2, -0.15) is 0 Å². The van der Waals surface area contributed by atoms with Gasteiger partial charge in [0.25, 0.3) is 0 Å². The van der Waals surface area contributed by atoms with Gasteiger partial charge in [0, 0.05) is 30.2 Å². The predicted octanol–water partition coefficient (Wildman–Crippen LogP) is 2.56. The minimum absolute atomic E-state index is 0.0249. The summed E-state index contributed by atoms with van der Waals surface area (Å²) < 4.78 is 0. The highest BCUT2D eigenvalue weighted by molar-refractivity contribution is 8.77. The van der Waals surface area contributed by atoms with Crippen LogP contribution in [0.3, 0.4) is 0 Å². The number of carbonyl (C=O) groups is 2. The van der Waals surface area contributed by atoms with Gasteiger partial charge in [0.15, 0.2) is 5.12 Å². The molecule has 1 saturated heterocycles. The highest BCUT2D eigenvalue weighted by Crippen LogP contribution is 2.45. The maximum atomic E-state index is 12.1. The third kappa shape index (κ3) is 4.75. The van der Waals surface area contributed by atoms with Crippen molar-refractivity contribution in [1.82, 2.24) is 5.32 Å². The van der Waals surface area contributed by atoms with E-state index in [0.29, 0.717) is 5.75 Å². The Morgan fingerprint density at radius 3 is 2.47 bits per heavy atom. The average molecular weight is 293 g/mol. The molecule has 0 aromatic heterocycles. The van der Waals surface area contributed by atoms with E-state index in [1.807, 2.05) is 13.8 Å². The fraction of sp³-hybridized carbons (Fsp3) is 0.818. The van der Waals surface area contributed by atoms with E-state index in [4.69, 9.17) is 0 Å². The summed E-state index contributed by atoms with van der Waals surface area (Å²) in [4.78, 5) is 23.1. The van der Waals surface area contributed by atoms with Crippen LogP contribution in [0.15, 0.2) is 0 Å². The van der Waals surface area contributed by atoms with E-state index < -0.39 is 0 Å². The molecule has 3 nitrogen and oxygen atoms in total. The summed E-state index contributed by atoms with van der Waals surface area (Å²) in [5.41, 5.74) is -0.186. The van der Waals surface area contributed by atoms with Crippen molar-refractivity contribution >= 4 is 44.4 Å². The molecule has 0 bridgehead atoms. The Morgan fingerprint density at radius 2 is 2.00 bits per heavy atom. The molecule has 98 valence electrons. The average Bonchev–Trinajstić information content (AvgIpc) is 2.71. The third-order valence-electron chi connectivity index (χ3n) is 2.65. The van der Waals surface area contributed by atoms with Crippen molar-refractivity contribution in [1.29, 1.82) is 0 Å². The quantitative estimate of drug-likeness (QED) is 0.789. The number of hydrogen-bond donors (Lipinski definition) is 1. The summed E-state index contributed by atoms with van der Waals surface area (Å²) in [5, 5.41) is 3.13. The van der Waals surface area contributed by atoms with Gasteiger partial charge in [-0.1, -0.05) is 47.2 Å². The zero-order valence-electron chi connectivity index (χ0n) is 10.4. The Balaban J connectivity index is 2.38. The molecule has 1 amide bonds. The Hall–Kier alpha value is 0.190. The largest absolute Gasteiger partial charge is 0.353 e. The second kappa shape index (κ2) is 6.95. The monoisotopic (exact) mass is 293 g/mol. The molecule has 1 unspecified atom stereocenters. The molecule has 0 aliphatic carbocycles. The van der Waals surface area contributed by atoms with Gasteiger partial charge in [-0.3, -0.25) is 9.59 Å². The third-order valence-corrected chi connectivity index (χ3v) is 6.85. The molecule has 1 heterocycles. The standard InChI is InChI=1S/C11H19NO2S3/c1-4-9(12-8(2)13)5-15-10(14)11(3)6-16-17-7-11/h9H,4-7H2,1-3H3,(H,12,13). The lowest BCUT2D eigenvalue weighted by Gasteiger charge is -2.21. The zero-order chi connectivity index (χ0) is 12.9. The first-order valence-corrected chi connectivity index (χ1v) is 9.14. The number of hydrogen-bond acceptors (Lipinski definition) is 5. The lowest BCUT2D eigenvalue weighted by molar-refractivity contribution is -0.119. The van der Waals surface area contributed by atoms with Gasteiger partial charge in [0.1, 0.15) is 0 Å². The van der Waals surface area contributed by atoms with Gasteiger partial charge in [0.2, 0.25) is 5.91 Å². The molecule has 0 aromatic rings. The summed E-state index contributed by atoms with van der Waals surface area (Å²) in [6, 6.07) is 0.103. The first-order valence-electron chi connectivity index (χ1n) is 5.66. The van der Waals surface area contributed by atoms with Crippen molar-refractivity contribution in [2.75, 3.05) is 17.3 Å². The van der Waals surface area contributed by atoms with Crippen molar-refractivity contribution < 1.29 is 9.59 Å². The molecule has 0 saturated carbocycles. The van der Waals surface area contributed by atoms with Crippen LogP contribution in [0.5, 0.6) is 0 Å². The molecule has 1 rings (SSSR count). The van der Waals surface area contributed by atoms with Crippen LogP contribution in [0.4, 0.5) is 0 Å². The second-order valence-electron chi connectivity index (χ2n) is 4.49. The van der Waals surface area contributed by atoms with Crippen LogP contribution < -0.4 is 5.32 Å². The molecule has 6 heteroatoms. The molecule has 1 N–H and O–H groups in total. The van der Waals surface area contributed by atoms with Crippen LogP contribution in [-0.2, 0) is 9.59 Å². The number of thioether (sulfide) groups is 1. The van der Waals surface area contributed by atoms with Crippen molar-refractivity contribution in [2.45, 2.75) is 33.2 Å². The maximum Gasteiger partial charge on any atom is 0.217 e. The molecule has 0 aromatic carbocycles. The van der Waals surface area contributed by atoms with Gasteiger partial charge < -0.3 is 5.32 Å². The molecular formula is C11H19NO2S3. The van der Waals surface area contributed by atoms with E-state index in [2.05, 4.69) is 5.32 Å². The predicted molar refractivity (Wildman–Crippen MR) is 78.4 cm³/mol. The molecule has 1 atom stereocenters. The van der Waals surface area contributed by atoms with E-state index in [-0.39, 0.29) is 22.5 Å². The summed E-state index contributed by atoms with van der Waals surface area (Å²) in [6.45, 7) is 5.57. The van der Waals surface area contributed by atoms with Crippen LogP contribution in [-0.4, -0.2) is 34.3 Å². The fourth-order valence-electron chi connectivity index (χ4n) is 1.40. The number of amides is 1. The maximum absolute atomic E-state index is 12.1. The van der Waals surface area contributed by atoms with E-state index in [9.17, 15) is 9.59 Å². The number of rotatable bonds is 5. The fourth-order valence-corrected chi connectivity index (χ4v) is 6.09. The first kappa shape index (κ1) is 15.2. The van der Waals surface area contributed by atoms with Crippen molar-refractivity contribution in [3.05, 3.63) is 0 Å². The van der Waals surface area contributed by atoms with E-state index in [0.717, 1.165) is 17.9 Å². The number of nitrogens with one attached hydrogen (secondary N) is 1. The molecule has 1 aliphatic rings. The summed E-state index contributed by atoms with van der Waals surface area (Å²) >= 11 is 1.37. The van der Waals surface area contributed by atoms with E-state index in [1.54, 1.807) is 21.6 Å². The van der Waals surface area contributed by atoms with E-state index >= 15 is 0 Å². The van der Waals surface area contributed by atoms with Crippen LogP contribution >= 0.6 is 33.3 Å². The Labute approximate surface area is 115 Å². The lowest BCUT2D eigenvalue weighted by atomic mass is 9.98. The summed E-state index contributed by atoms with van der Waals surface area (Å²) in [6.07, 6.45) is 0.861. The highest BCUT2D eigenvalue weighted by Gasteiger charge is 2.37. The van der Waals surface area contributed by atoms with Crippen LogP contribution in [0.1, 0.15) is 27.2 Å². The van der Waals surface area contributed by atoms with Gasteiger partial charge >= 0.3 is 0 Å².